The van der Waals surface area contributed by atoms with Gasteiger partial charge in [-0.25, -0.2) is 9.79 Å². The summed E-state index contributed by atoms with van der Waals surface area (Å²) in [6.07, 6.45) is 1.54. The van der Waals surface area contributed by atoms with E-state index in [9.17, 15) is 25.0 Å². The molecule has 3 aromatic rings. The number of nitrogens with zero attached hydrogens (tertiary/aromatic N) is 3. The Morgan fingerprint density at radius 1 is 1.00 bits per heavy atom. The minimum Gasteiger partial charge on any atom is -0.487 e. The molecule has 0 radical (unpaired) electrons. The Labute approximate surface area is 220 Å². The molecular weight excluding hydrogens is 602 g/mol. The number of carbonyl (C=O) groups is 1. The van der Waals surface area contributed by atoms with Crippen LogP contribution in [0.5, 0.6) is 5.75 Å². The monoisotopic (exact) mass is 615 g/mol. The van der Waals surface area contributed by atoms with Crippen molar-refractivity contribution in [3.8, 4) is 5.75 Å². The lowest BCUT2D eigenvalue weighted by molar-refractivity contribution is -0.385. The standard InChI is InChI=1S/C24H15Br2N3O7/c1-13-8-16(4-7-21(13)29(33)34)23-27-20(24(30)36-23)11-15-9-18(25)22(19(26)10-15)35-12-14-2-5-17(6-3-14)28(31)32/h2-11H,12H2,1H3/b20-11-. The van der Waals surface area contributed by atoms with Crippen LogP contribution in [0.4, 0.5) is 11.4 Å². The summed E-state index contributed by atoms with van der Waals surface area (Å²) < 4.78 is 12.3. The van der Waals surface area contributed by atoms with Crippen LogP contribution in [-0.4, -0.2) is 21.7 Å². The second-order valence-corrected chi connectivity index (χ2v) is 9.33. The Kier molecular flexibility index (Phi) is 7.27. The molecule has 0 aromatic heterocycles. The van der Waals surface area contributed by atoms with Crippen molar-refractivity contribution >= 4 is 61.2 Å². The van der Waals surface area contributed by atoms with Gasteiger partial charge >= 0.3 is 5.97 Å². The van der Waals surface area contributed by atoms with Crippen LogP contribution in [-0.2, 0) is 16.1 Å². The molecule has 0 saturated heterocycles. The number of nitro benzene ring substituents is 2. The predicted octanol–water partition coefficient (Wildman–Crippen LogP) is 6.26. The highest BCUT2D eigenvalue weighted by atomic mass is 79.9. The van der Waals surface area contributed by atoms with Gasteiger partial charge in [-0.1, -0.05) is 0 Å². The minimum absolute atomic E-state index is 0.00142. The van der Waals surface area contributed by atoms with Crippen LogP contribution >= 0.6 is 31.9 Å². The van der Waals surface area contributed by atoms with Gasteiger partial charge in [0.2, 0.25) is 5.90 Å². The molecule has 0 atom stereocenters. The Balaban J connectivity index is 1.53. The molecular formula is C24H15Br2N3O7. The normalized spacial score (nSPS) is 13.9. The van der Waals surface area contributed by atoms with Crippen LogP contribution < -0.4 is 4.74 Å². The smallest absolute Gasteiger partial charge is 0.363 e. The zero-order chi connectivity index (χ0) is 26.0. The lowest BCUT2D eigenvalue weighted by Gasteiger charge is -2.11. The maximum atomic E-state index is 12.4. The number of aryl methyl sites for hydroxylation is 1. The first kappa shape index (κ1) is 25.2. The Bertz CT molecular complexity index is 1440. The number of aliphatic imine (C=N–C) groups is 1. The van der Waals surface area contributed by atoms with Crippen molar-refractivity contribution in [3.05, 3.63) is 112 Å². The van der Waals surface area contributed by atoms with Gasteiger partial charge in [-0.2, -0.15) is 0 Å². The molecule has 1 aliphatic heterocycles. The fourth-order valence-corrected chi connectivity index (χ4v) is 4.80. The summed E-state index contributed by atoms with van der Waals surface area (Å²) in [4.78, 5) is 37.5. The molecule has 0 unspecified atom stereocenters. The quantitative estimate of drug-likeness (QED) is 0.132. The number of hydrogen-bond acceptors (Lipinski definition) is 8. The van der Waals surface area contributed by atoms with Crippen molar-refractivity contribution in [3.63, 3.8) is 0 Å². The zero-order valence-electron chi connectivity index (χ0n) is 18.4. The number of carbonyl (C=O) groups excluding carboxylic acids is 1. The third-order valence-electron chi connectivity index (χ3n) is 5.12. The average molecular weight is 617 g/mol. The van der Waals surface area contributed by atoms with Gasteiger partial charge in [0.05, 0.1) is 18.8 Å². The van der Waals surface area contributed by atoms with Crippen molar-refractivity contribution in [2.75, 3.05) is 0 Å². The highest BCUT2D eigenvalue weighted by Crippen LogP contribution is 2.36. The second kappa shape index (κ2) is 10.4. The van der Waals surface area contributed by atoms with Crippen molar-refractivity contribution in [1.29, 1.82) is 0 Å². The maximum absolute atomic E-state index is 12.4. The van der Waals surface area contributed by atoms with E-state index in [-0.39, 0.29) is 29.6 Å². The molecule has 0 saturated carbocycles. The van der Waals surface area contributed by atoms with Crippen LogP contribution in [0.15, 0.2) is 74.2 Å². The van der Waals surface area contributed by atoms with E-state index in [0.717, 1.165) is 5.56 Å². The van der Waals surface area contributed by atoms with E-state index < -0.39 is 15.8 Å². The summed E-state index contributed by atoms with van der Waals surface area (Å²) in [5.41, 5.74) is 2.29. The molecule has 0 spiro atoms. The number of ether oxygens (including phenoxy) is 2. The van der Waals surface area contributed by atoms with Crippen molar-refractivity contribution in [1.82, 2.24) is 0 Å². The molecule has 36 heavy (non-hydrogen) atoms. The second-order valence-electron chi connectivity index (χ2n) is 7.62. The van der Waals surface area contributed by atoms with E-state index in [4.69, 9.17) is 9.47 Å². The largest absolute Gasteiger partial charge is 0.487 e. The van der Waals surface area contributed by atoms with Crippen LogP contribution in [0.25, 0.3) is 6.08 Å². The minimum atomic E-state index is -0.647. The third kappa shape index (κ3) is 5.50. The molecule has 0 amide bonds. The number of benzene rings is 3. The van der Waals surface area contributed by atoms with Gasteiger partial charge in [0.15, 0.2) is 5.70 Å². The first-order valence-corrected chi connectivity index (χ1v) is 11.8. The summed E-state index contributed by atoms with van der Waals surface area (Å²) in [5.74, 6) is -0.0766. The molecule has 3 aromatic carbocycles. The molecule has 1 heterocycles. The van der Waals surface area contributed by atoms with E-state index in [0.29, 0.717) is 31.4 Å². The van der Waals surface area contributed by atoms with E-state index in [1.807, 2.05) is 0 Å². The summed E-state index contributed by atoms with van der Waals surface area (Å²) in [7, 11) is 0. The average Bonchev–Trinajstić information content (AvgIpc) is 3.18. The van der Waals surface area contributed by atoms with Crippen molar-refractivity contribution in [2.24, 2.45) is 4.99 Å². The molecule has 0 N–H and O–H groups in total. The topological polar surface area (TPSA) is 134 Å². The maximum Gasteiger partial charge on any atom is 0.363 e. The summed E-state index contributed by atoms with van der Waals surface area (Å²) >= 11 is 6.92. The number of cyclic esters (lactones) is 1. The third-order valence-corrected chi connectivity index (χ3v) is 6.29. The predicted molar refractivity (Wildman–Crippen MR) is 138 cm³/mol. The molecule has 1 aliphatic rings. The molecule has 0 fully saturated rings. The van der Waals surface area contributed by atoms with Gasteiger partial charge in [-0.15, -0.1) is 0 Å². The number of rotatable bonds is 7. The lowest BCUT2D eigenvalue weighted by atomic mass is 10.1. The first-order valence-electron chi connectivity index (χ1n) is 10.3. The van der Waals surface area contributed by atoms with Gasteiger partial charge in [-0.05, 0) is 92.4 Å². The van der Waals surface area contributed by atoms with Gasteiger partial charge in [0, 0.05) is 29.3 Å². The van der Waals surface area contributed by atoms with Gasteiger partial charge in [-0.3, -0.25) is 20.2 Å². The fraction of sp³-hybridized carbons (Fsp3) is 0.0833. The Hall–Kier alpha value is -3.90. The summed E-state index contributed by atoms with van der Waals surface area (Å²) in [6.45, 7) is 1.78. The number of esters is 1. The molecule has 182 valence electrons. The summed E-state index contributed by atoms with van der Waals surface area (Å²) in [5, 5.41) is 21.8. The molecule has 10 nitrogen and oxygen atoms in total. The van der Waals surface area contributed by atoms with Crippen molar-refractivity contribution in [2.45, 2.75) is 13.5 Å². The SMILES string of the molecule is Cc1cc(C2=N/C(=C\c3cc(Br)c(OCc4ccc([N+](=O)[O-])cc4)c(Br)c3)C(=O)O2)ccc1[N+](=O)[O-]. The van der Waals surface area contributed by atoms with E-state index >= 15 is 0 Å². The summed E-state index contributed by atoms with van der Waals surface area (Å²) in [6, 6.07) is 13.9. The highest BCUT2D eigenvalue weighted by molar-refractivity contribution is 9.11. The molecule has 12 heteroatoms. The number of nitro groups is 2. The fourth-order valence-electron chi connectivity index (χ4n) is 3.35. The number of non-ortho nitro benzene ring substituents is 1. The van der Waals surface area contributed by atoms with E-state index in [1.54, 1.807) is 37.3 Å². The van der Waals surface area contributed by atoms with Crippen LogP contribution in [0.2, 0.25) is 0 Å². The first-order chi connectivity index (χ1) is 17.1. The van der Waals surface area contributed by atoms with Gasteiger partial charge < -0.3 is 9.47 Å². The zero-order valence-corrected chi connectivity index (χ0v) is 21.6. The van der Waals surface area contributed by atoms with E-state index in [2.05, 4.69) is 36.9 Å². The lowest BCUT2D eigenvalue weighted by Crippen LogP contribution is -2.06. The van der Waals surface area contributed by atoms with Gasteiger partial charge in [0.25, 0.3) is 11.4 Å². The molecule has 4 rings (SSSR count). The molecule has 0 bridgehead atoms. The molecule has 0 aliphatic carbocycles. The Morgan fingerprint density at radius 3 is 2.25 bits per heavy atom. The van der Waals surface area contributed by atoms with Crippen LogP contribution in [0.3, 0.4) is 0 Å². The number of halogens is 2. The highest BCUT2D eigenvalue weighted by Gasteiger charge is 2.25. The van der Waals surface area contributed by atoms with Crippen LogP contribution in [0, 0.1) is 27.2 Å². The van der Waals surface area contributed by atoms with Gasteiger partial charge in [0.1, 0.15) is 12.4 Å². The van der Waals surface area contributed by atoms with Crippen LogP contribution in [0.1, 0.15) is 22.3 Å². The number of hydrogen-bond donors (Lipinski definition) is 0. The van der Waals surface area contributed by atoms with E-state index in [1.165, 1.54) is 30.3 Å². The van der Waals surface area contributed by atoms with Crippen molar-refractivity contribution < 1.29 is 24.1 Å². The Morgan fingerprint density at radius 2 is 1.67 bits per heavy atom.